The third-order valence-corrected chi connectivity index (χ3v) is 4.62. The number of pyridine rings is 1. The average molecular weight is 255 g/mol. The molecule has 0 saturated carbocycles. The summed E-state index contributed by atoms with van der Waals surface area (Å²) in [6.45, 7) is 2.78. The van der Waals surface area contributed by atoms with Crippen LogP contribution in [0, 0.1) is 0 Å². The summed E-state index contributed by atoms with van der Waals surface area (Å²) in [5.41, 5.74) is 0.964. The van der Waals surface area contributed by atoms with E-state index in [1.54, 1.807) is 19.3 Å². The van der Waals surface area contributed by atoms with Crippen molar-refractivity contribution in [3.63, 3.8) is 0 Å². The fourth-order valence-electron chi connectivity index (χ4n) is 2.20. The van der Waals surface area contributed by atoms with Gasteiger partial charge in [-0.05, 0) is 24.5 Å². The maximum Gasteiger partial charge on any atom is 0.279 e. The molecule has 0 radical (unpaired) electrons. The molecule has 0 amide bonds. The first-order valence-corrected chi connectivity index (χ1v) is 7.25. The van der Waals surface area contributed by atoms with E-state index in [4.69, 9.17) is 0 Å². The molecule has 2 rings (SSSR count). The van der Waals surface area contributed by atoms with Crippen LogP contribution in [0.15, 0.2) is 24.5 Å². The molecule has 1 aliphatic rings. The first-order valence-electron chi connectivity index (χ1n) is 5.81. The molecule has 5 nitrogen and oxygen atoms in total. The van der Waals surface area contributed by atoms with Gasteiger partial charge in [-0.3, -0.25) is 4.98 Å². The molecule has 1 aliphatic heterocycles. The zero-order chi connectivity index (χ0) is 12.3. The minimum atomic E-state index is -3.35. The topological polar surface area (TPSA) is 62.3 Å². The molecule has 1 aromatic rings. The smallest absolute Gasteiger partial charge is 0.264 e. The van der Waals surface area contributed by atoms with Gasteiger partial charge in [-0.1, -0.05) is 13.0 Å². The first kappa shape index (κ1) is 12.5. The van der Waals surface area contributed by atoms with Crippen molar-refractivity contribution >= 4 is 10.2 Å². The summed E-state index contributed by atoms with van der Waals surface area (Å²) in [7, 11) is -3.35. The lowest BCUT2D eigenvalue weighted by molar-refractivity contribution is 0.389. The molecule has 1 saturated heterocycles. The molecule has 94 valence electrons. The highest BCUT2D eigenvalue weighted by atomic mass is 32.2. The van der Waals surface area contributed by atoms with Crippen LogP contribution in [-0.2, 0) is 10.2 Å². The van der Waals surface area contributed by atoms with E-state index >= 15 is 0 Å². The molecule has 17 heavy (non-hydrogen) atoms. The van der Waals surface area contributed by atoms with E-state index in [9.17, 15) is 8.42 Å². The van der Waals surface area contributed by atoms with Gasteiger partial charge in [0, 0.05) is 25.5 Å². The number of rotatable bonds is 4. The summed E-state index contributed by atoms with van der Waals surface area (Å²) in [5, 5.41) is 0. The van der Waals surface area contributed by atoms with Crippen molar-refractivity contribution in [1.82, 2.24) is 14.0 Å². The lowest BCUT2D eigenvalue weighted by Gasteiger charge is -2.23. The van der Waals surface area contributed by atoms with Crippen molar-refractivity contribution in [2.24, 2.45) is 0 Å². The fourth-order valence-corrected chi connectivity index (χ4v) is 3.66. The Morgan fingerprint density at radius 2 is 2.41 bits per heavy atom. The van der Waals surface area contributed by atoms with Crippen molar-refractivity contribution in [2.75, 3.05) is 13.1 Å². The highest BCUT2D eigenvalue weighted by Gasteiger charge is 2.34. The van der Waals surface area contributed by atoms with E-state index in [0.29, 0.717) is 13.1 Å². The number of aromatic nitrogens is 1. The molecule has 1 fully saturated rings. The number of nitrogens with one attached hydrogen (secondary N) is 1. The van der Waals surface area contributed by atoms with E-state index in [-0.39, 0.29) is 6.04 Å². The molecule has 1 atom stereocenters. The van der Waals surface area contributed by atoms with Gasteiger partial charge in [-0.2, -0.15) is 12.7 Å². The maximum absolute atomic E-state index is 12.0. The van der Waals surface area contributed by atoms with Gasteiger partial charge in [0.15, 0.2) is 0 Å². The van der Waals surface area contributed by atoms with Gasteiger partial charge in [0.2, 0.25) is 0 Å². The monoisotopic (exact) mass is 255 g/mol. The van der Waals surface area contributed by atoms with E-state index < -0.39 is 10.2 Å². The van der Waals surface area contributed by atoms with Crippen molar-refractivity contribution in [3.05, 3.63) is 30.1 Å². The van der Waals surface area contributed by atoms with Gasteiger partial charge in [0.05, 0.1) is 6.04 Å². The van der Waals surface area contributed by atoms with E-state index in [0.717, 1.165) is 18.4 Å². The Morgan fingerprint density at radius 1 is 1.59 bits per heavy atom. The van der Waals surface area contributed by atoms with Crippen molar-refractivity contribution < 1.29 is 8.42 Å². The molecular weight excluding hydrogens is 238 g/mol. The first-order chi connectivity index (χ1) is 8.15. The second-order valence-electron chi connectivity index (χ2n) is 4.06. The Morgan fingerprint density at radius 3 is 3.06 bits per heavy atom. The van der Waals surface area contributed by atoms with Crippen LogP contribution in [0.4, 0.5) is 0 Å². The molecule has 6 heteroatoms. The van der Waals surface area contributed by atoms with Crippen LogP contribution in [0.1, 0.15) is 31.4 Å². The largest absolute Gasteiger partial charge is 0.279 e. The van der Waals surface area contributed by atoms with Crippen LogP contribution >= 0.6 is 0 Å². The molecule has 1 N–H and O–H groups in total. The van der Waals surface area contributed by atoms with Crippen molar-refractivity contribution in [2.45, 2.75) is 25.8 Å². The highest BCUT2D eigenvalue weighted by Crippen LogP contribution is 2.33. The molecule has 0 spiro atoms. The van der Waals surface area contributed by atoms with Crippen LogP contribution in [-0.4, -0.2) is 30.8 Å². The van der Waals surface area contributed by atoms with Crippen LogP contribution in [0.3, 0.4) is 0 Å². The minimum Gasteiger partial charge on any atom is -0.264 e. The molecule has 1 aromatic heterocycles. The number of nitrogens with zero attached hydrogens (tertiary/aromatic N) is 2. The Bertz CT molecular complexity index is 461. The van der Waals surface area contributed by atoms with Gasteiger partial charge < -0.3 is 0 Å². The SMILES string of the molecule is CCNS(=O)(=O)N1CCCC1c1cccnc1. The van der Waals surface area contributed by atoms with Gasteiger partial charge in [-0.25, -0.2) is 4.72 Å². The van der Waals surface area contributed by atoms with Gasteiger partial charge >= 0.3 is 0 Å². The van der Waals surface area contributed by atoms with Crippen LogP contribution in [0.2, 0.25) is 0 Å². The molecule has 1 unspecified atom stereocenters. The summed E-state index contributed by atoms with van der Waals surface area (Å²) < 4.78 is 28.1. The molecule has 2 heterocycles. The number of hydrogen-bond donors (Lipinski definition) is 1. The Kier molecular flexibility index (Phi) is 3.76. The Balaban J connectivity index is 2.24. The van der Waals surface area contributed by atoms with E-state index in [1.807, 2.05) is 12.1 Å². The zero-order valence-electron chi connectivity index (χ0n) is 9.83. The van der Waals surface area contributed by atoms with Gasteiger partial charge in [-0.15, -0.1) is 0 Å². The quantitative estimate of drug-likeness (QED) is 0.875. The van der Waals surface area contributed by atoms with Crippen molar-refractivity contribution in [3.8, 4) is 0 Å². The standard InChI is InChI=1S/C11H17N3O2S/c1-2-13-17(15,16)14-8-4-6-11(14)10-5-3-7-12-9-10/h3,5,7,9,11,13H,2,4,6,8H2,1H3. The average Bonchev–Trinajstić information content (AvgIpc) is 2.79. The van der Waals surface area contributed by atoms with Gasteiger partial charge in [0.25, 0.3) is 10.2 Å². The fraction of sp³-hybridized carbons (Fsp3) is 0.545. The number of hydrogen-bond acceptors (Lipinski definition) is 3. The second kappa shape index (κ2) is 5.12. The van der Waals surface area contributed by atoms with Crippen molar-refractivity contribution in [1.29, 1.82) is 0 Å². The lowest BCUT2D eigenvalue weighted by Crippen LogP contribution is -2.40. The molecular formula is C11H17N3O2S. The maximum atomic E-state index is 12.0. The summed E-state index contributed by atoms with van der Waals surface area (Å²) in [6, 6.07) is 3.69. The lowest BCUT2D eigenvalue weighted by atomic mass is 10.1. The Labute approximate surface area is 102 Å². The highest BCUT2D eigenvalue weighted by molar-refractivity contribution is 7.87. The second-order valence-corrected chi connectivity index (χ2v) is 5.77. The zero-order valence-corrected chi connectivity index (χ0v) is 10.7. The van der Waals surface area contributed by atoms with Crippen LogP contribution < -0.4 is 4.72 Å². The van der Waals surface area contributed by atoms with E-state index in [1.165, 1.54) is 4.31 Å². The third-order valence-electron chi connectivity index (χ3n) is 2.91. The predicted octanol–water partition coefficient (Wildman–Crippen LogP) is 1.07. The molecule has 0 aliphatic carbocycles. The van der Waals surface area contributed by atoms with Crippen LogP contribution in [0.25, 0.3) is 0 Å². The summed E-state index contributed by atoms with van der Waals surface area (Å²) in [5.74, 6) is 0. The van der Waals surface area contributed by atoms with Crippen LogP contribution in [0.5, 0.6) is 0 Å². The normalized spacial score (nSPS) is 21.8. The summed E-state index contributed by atoms with van der Waals surface area (Å²) >= 11 is 0. The summed E-state index contributed by atoms with van der Waals surface area (Å²) in [6.07, 6.45) is 5.19. The predicted molar refractivity (Wildman–Crippen MR) is 65.5 cm³/mol. The third kappa shape index (κ3) is 2.65. The molecule has 0 aromatic carbocycles. The molecule has 0 bridgehead atoms. The Hall–Kier alpha value is -0.980. The van der Waals surface area contributed by atoms with Gasteiger partial charge in [0.1, 0.15) is 0 Å². The summed E-state index contributed by atoms with van der Waals surface area (Å²) in [4.78, 5) is 4.05. The van der Waals surface area contributed by atoms with E-state index in [2.05, 4.69) is 9.71 Å². The minimum absolute atomic E-state index is 0.0762.